The highest BCUT2D eigenvalue weighted by Gasteiger charge is 2.19. The maximum absolute atomic E-state index is 13.0. The van der Waals surface area contributed by atoms with E-state index >= 15 is 0 Å². The van der Waals surface area contributed by atoms with E-state index in [9.17, 15) is 17.6 Å². The topological polar surface area (TPSA) is 84.5 Å². The Balaban J connectivity index is 2.62. The van der Waals surface area contributed by atoms with Gasteiger partial charge in [-0.3, -0.25) is 4.79 Å². The van der Waals surface area contributed by atoms with Crippen molar-refractivity contribution in [3.63, 3.8) is 0 Å². The molecular formula is C15H23FN2O4S. The number of hydrogen-bond donors (Lipinski definition) is 2. The number of sulfonamides is 1. The molecule has 6 nitrogen and oxygen atoms in total. The van der Waals surface area contributed by atoms with E-state index in [0.717, 1.165) is 6.26 Å². The highest BCUT2D eigenvalue weighted by Crippen LogP contribution is 2.18. The smallest absolute Gasteiger partial charge is 0.221 e. The van der Waals surface area contributed by atoms with Crippen molar-refractivity contribution in [2.45, 2.75) is 25.8 Å². The van der Waals surface area contributed by atoms with Crippen molar-refractivity contribution in [1.82, 2.24) is 10.0 Å². The van der Waals surface area contributed by atoms with Crippen LogP contribution < -0.4 is 10.0 Å². The van der Waals surface area contributed by atoms with Crippen LogP contribution in [-0.2, 0) is 19.6 Å². The average Bonchev–Trinajstić information content (AvgIpc) is 2.45. The van der Waals surface area contributed by atoms with Crippen LogP contribution in [0.3, 0.4) is 0 Å². The number of amides is 1. The minimum Gasteiger partial charge on any atom is -0.382 e. The number of carbonyl (C=O) groups excluding carboxylic acids is 1. The van der Waals surface area contributed by atoms with Crippen LogP contribution in [0, 0.1) is 5.82 Å². The van der Waals surface area contributed by atoms with Crippen LogP contribution >= 0.6 is 0 Å². The molecule has 23 heavy (non-hydrogen) atoms. The lowest BCUT2D eigenvalue weighted by molar-refractivity contribution is -0.121. The van der Waals surface area contributed by atoms with Crippen molar-refractivity contribution in [3.05, 3.63) is 35.6 Å². The fourth-order valence-corrected chi connectivity index (χ4v) is 2.72. The van der Waals surface area contributed by atoms with E-state index < -0.39 is 21.9 Å². The third-order valence-electron chi connectivity index (χ3n) is 3.01. The highest BCUT2D eigenvalue weighted by atomic mass is 32.2. The molecule has 1 rings (SSSR count). The molecule has 0 bridgehead atoms. The van der Waals surface area contributed by atoms with Gasteiger partial charge in [0.2, 0.25) is 15.9 Å². The molecule has 2 N–H and O–H groups in total. The lowest BCUT2D eigenvalue weighted by Crippen LogP contribution is -2.33. The summed E-state index contributed by atoms with van der Waals surface area (Å²) in [5.41, 5.74) is 0.529. The van der Waals surface area contributed by atoms with Gasteiger partial charge in [-0.15, -0.1) is 0 Å². The van der Waals surface area contributed by atoms with Gasteiger partial charge in [0.05, 0.1) is 12.3 Å². The molecule has 0 saturated carbocycles. The van der Waals surface area contributed by atoms with Gasteiger partial charge in [0.25, 0.3) is 0 Å². The predicted molar refractivity (Wildman–Crippen MR) is 85.9 cm³/mol. The summed E-state index contributed by atoms with van der Waals surface area (Å²) in [4.78, 5) is 12.0. The summed E-state index contributed by atoms with van der Waals surface area (Å²) < 4.78 is 43.5. The summed E-state index contributed by atoms with van der Waals surface area (Å²) in [5, 5.41) is 2.71. The SMILES string of the molecule is CCOCCCNC(=O)CC(NS(C)(=O)=O)c1ccc(F)cc1. The molecule has 0 aliphatic carbocycles. The summed E-state index contributed by atoms with van der Waals surface area (Å²) in [6.07, 6.45) is 1.64. The Kier molecular flexibility index (Phi) is 8.15. The predicted octanol–water partition coefficient (Wildman–Crippen LogP) is 1.35. The normalized spacial score (nSPS) is 12.8. The van der Waals surface area contributed by atoms with E-state index in [1.165, 1.54) is 24.3 Å². The molecule has 1 aromatic rings. The second-order valence-electron chi connectivity index (χ2n) is 5.10. The zero-order chi connectivity index (χ0) is 17.3. The van der Waals surface area contributed by atoms with Crippen LogP contribution in [0.2, 0.25) is 0 Å². The molecule has 0 aliphatic rings. The molecule has 1 aromatic carbocycles. The molecule has 8 heteroatoms. The van der Waals surface area contributed by atoms with Crippen LogP contribution in [0.4, 0.5) is 4.39 Å². The first-order valence-corrected chi connectivity index (χ1v) is 9.28. The molecule has 1 amide bonds. The van der Waals surface area contributed by atoms with E-state index in [1.807, 2.05) is 6.92 Å². The molecule has 0 spiro atoms. The Morgan fingerprint density at radius 1 is 1.30 bits per heavy atom. The maximum atomic E-state index is 13.0. The van der Waals surface area contributed by atoms with Gasteiger partial charge in [0.1, 0.15) is 5.82 Å². The largest absolute Gasteiger partial charge is 0.382 e. The standard InChI is InChI=1S/C15H23FN2O4S/c1-3-22-10-4-9-17-15(19)11-14(18-23(2,20)21)12-5-7-13(16)8-6-12/h5-8,14,18H,3-4,9-11H2,1-2H3,(H,17,19). The molecule has 0 fully saturated rings. The van der Waals surface area contributed by atoms with Crippen molar-refractivity contribution in [2.24, 2.45) is 0 Å². The van der Waals surface area contributed by atoms with Crippen LogP contribution in [-0.4, -0.2) is 40.3 Å². The van der Waals surface area contributed by atoms with E-state index in [1.54, 1.807) is 0 Å². The summed E-state index contributed by atoms with van der Waals surface area (Å²) in [6.45, 7) is 3.52. The first kappa shape index (κ1) is 19.5. The fraction of sp³-hybridized carbons (Fsp3) is 0.533. The van der Waals surface area contributed by atoms with Crippen molar-refractivity contribution in [2.75, 3.05) is 26.0 Å². The molecule has 0 radical (unpaired) electrons. The third kappa shape index (κ3) is 8.63. The number of benzene rings is 1. The second-order valence-corrected chi connectivity index (χ2v) is 6.88. The third-order valence-corrected chi connectivity index (χ3v) is 3.72. The molecular weight excluding hydrogens is 323 g/mol. The number of halogens is 1. The van der Waals surface area contributed by atoms with Gasteiger partial charge in [-0.25, -0.2) is 17.5 Å². The number of nitrogens with one attached hydrogen (secondary N) is 2. The van der Waals surface area contributed by atoms with E-state index in [4.69, 9.17) is 4.74 Å². The Labute approximate surface area is 136 Å². The van der Waals surface area contributed by atoms with Crippen molar-refractivity contribution in [3.8, 4) is 0 Å². The number of ether oxygens (including phenoxy) is 1. The number of carbonyl (C=O) groups is 1. The van der Waals surface area contributed by atoms with E-state index in [0.29, 0.717) is 31.7 Å². The van der Waals surface area contributed by atoms with Crippen LogP contribution in [0.1, 0.15) is 31.4 Å². The average molecular weight is 346 g/mol. The molecule has 0 aliphatic heterocycles. The summed E-state index contributed by atoms with van der Waals surface area (Å²) in [5.74, 6) is -0.709. The Morgan fingerprint density at radius 3 is 2.52 bits per heavy atom. The minimum atomic E-state index is -3.50. The first-order valence-electron chi connectivity index (χ1n) is 7.39. The quantitative estimate of drug-likeness (QED) is 0.626. The van der Waals surface area contributed by atoms with Gasteiger partial charge in [-0.2, -0.15) is 0 Å². The van der Waals surface area contributed by atoms with Gasteiger partial charge < -0.3 is 10.1 Å². The van der Waals surface area contributed by atoms with Gasteiger partial charge in [-0.1, -0.05) is 12.1 Å². The molecule has 130 valence electrons. The van der Waals surface area contributed by atoms with Crippen molar-refractivity contribution in [1.29, 1.82) is 0 Å². The van der Waals surface area contributed by atoms with Crippen LogP contribution in [0.5, 0.6) is 0 Å². The van der Waals surface area contributed by atoms with Crippen molar-refractivity contribution < 1.29 is 22.3 Å². The monoisotopic (exact) mass is 346 g/mol. The summed E-state index contributed by atoms with van der Waals surface area (Å²) in [6, 6.07) is 4.64. The van der Waals surface area contributed by atoms with E-state index in [2.05, 4.69) is 10.0 Å². The number of hydrogen-bond acceptors (Lipinski definition) is 4. The summed E-state index contributed by atoms with van der Waals surface area (Å²) in [7, 11) is -3.50. The first-order chi connectivity index (χ1) is 10.8. The zero-order valence-corrected chi connectivity index (χ0v) is 14.2. The van der Waals surface area contributed by atoms with Gasteiger partial charge in [0.15, 0.2) is 0 Å². The summed E-state index contributed by atoms with van der Waals surface area (Å²) >= 11 is 0. The molecule has 1 unspecified atom stereocenters. The van der Waals surface area contributed by atoms with Crippen molar-refractivity contribution >= 4 is 15.9 Å². The second kappa shape index (κ2) is 9.59. The van der Waals surface area contributed by atoms with Gasteiger partial charge >= 0.3 is 0 Å². The Bertz CT molecular complexity index is 590. The lowest BCUT2D eigenvalue weighted by Gasteiger charge is -2.17. The molecule has 0 saturated heterocycles. The molecule has 0 heterocycles. The Hall–Kier alpha value is -1.51. The van der Waals surface area contributed by atoms with E-state index in [-0.39, 0.29) is 12.3 Å². The Morgan fingerprint density at radius 2 is 1.96 bits per heavy atom. The maximum Gasteiger partial charge on any atom is 0.221 e. The minimum absolute atomic E-state index is 0.0622. The lowest BCUT2D eigenvalue weighted by atomic mass is 10.0. The van der Waals surface area contributed by atoms with Gasteiger partial charge in [-0.05, 0) is 31.0 Å². The molecule has 1 atom stereocenters. The fourth-order valence-electron chi connectivity index (χ4n) is 1.99. The van der Waals surface area contributed by atoms with Gasteiger partial charge in [0, 0.05) is 26.2 Å². The molecule has 0 aromatic heterocycles. The van der Waals surface area contributed by atoms with Crippen LogP contribution in [0.15, 0.2) is 24.3 Å². The highest BCUT2D eigenvalue weighted by molar-refractivity contribution is 7.88. The number of rotatable bonds is 10. The van der Waals surface area contributed by atoms with Crippen LogP contribution in [0.25, 0.3) is 0 Å². The zero-order valence-electron chi connectivity index (χ0n) is 13.3.